The maximum atomic E-state index is 12.5. The van der Waals surface area contributed by atoms with Crippen molar-refractivity contribution in [2.24, 2.45) is 4.99 Å². The number of ether oxygens (including phenoxy) is 2. The van der Waals surface area contributed by atoms with Crippen molar-refractivity contribution in [2.75, 3.05) is 20.8 Å². The zero-order valence-electron chi connectivity index (χ0n) is 16.0. The van der Waals surface area contributed by atoms with Crippen LogP contribution in [0.5, 0.6) is 0 Å². The average molecular weight is 385 g/mol. The van der Waals surface area contributed by atoms with Gasteiger partial charge in [0.2, 0.25) is 0 Å². The third kappa shape index (κ3) is 4.40. The van der Waals surface area contributed by atoms with Gasteiger partial charge in [0, 0.05) is 40.8 Å². The molecule has 0 radical (unpaired) electrons. The second-order valence-electron chi connectivity index (χ2n) is 6.31. The van der Waals surface area contributed by atoms with E-state index >= 15 is 0 Å². The van der Waals surface area contributed by atoms with Crippen molar-refractivity contribution in [2.45, 2.75) is 36.3 Å². The number of carbonyl (C=O) groups excluding carboxylic acids is 1. The molecule has 2 aromatic rings. The molecule has 0 aromatic heterocycles. The van der Waals surface area contributed by atoms with Gasteiger partial charge in [-0.3, -0.25) is 9.79 Å². The predicted molar refractivity (Wildman–Crippen MR) is 108 cm³/mol. The van der Waals surface area contributed by atoms with Crippen molar-refractivity contribution in [3.63, 3.8) is 0 Å². The van der Waals surface area contributed by atoms with Gasteiger partial charge in [-0.15, -0.1) is 0 Å². The zero-order valence-corrected chi connectivity index (χ0v) is 16.9. The summed E-state index contributed by atoms with van der Waals surface area (Å²) in [4.78, 5) is 19.6. The van der Waals surface area contributed by atoms with Gasteiger partial charge in [0.05, 0.1) is 12.2 Å². The van der Waals surface area contributed by atoms with Gasteiger partial charge in [0.15, 0.2) is 6.29 Å². The van der Waals surface area contributed by atoms with E-state index in [-0.39, 0.29) is 12.5 Å². The van der Waals surface area contributed by atoms with E-state index < -0.39 is 6.29 Å². The summed E-state index contributed by atoms with van der Waals surface area (Å²) in [6.45, 7) is 4.48. The summed E-state index contributed by atoms with van der Waals surface area (Å²) in [5.74, 6) is -0.173. The number of hydrogen-bond acceptors (Lipinski definition) is 5. The Balaban J connectivity index is 1.90. The minimum absolute atomic E-state index is 0.173. The molecule has 5 nitrogen and oxygen atoms in total. The maximum Gasteiger partial charge on any atom is 0.251 e. The van der Waals surface area contributed by atoms with Gasteiger partial charge >= 0.3 is 0 Å². The number of benzene rings is 2. The molecule has 6 heteroatoms. The molecule has 0 aliphatic carbocycles. The van der Waals surface area contributed by atoms with E-state index in [1.165, 1.54) is 16.0 Å². The highest BCUT2D eigenvalue weighted by Crippen LogP contribution is 2.41. The van der Waals surface area contributed by atoms with E-state index in [0.717, 1.165) is 22.7 Å². The Morgan fingerprint density at radius 2 is 1.89 bits per heavy atom. The first-order valence-electron chi connectivity index (χ1n) is 8.90. The number of carbonyl (C=O) groups is 1. The van der Waals surface area contributed by atoms with Crippen LogP contribution in [-0.2, 0) is 9.47 Å². The fourth-order valence-electron chi connectivity index (χ4n) is 2.93. The number of nitrogens with zero attached hydrogens (tertiary/aromatic N) is 1. The Bertz CT molecular complexity index is 876. The fourth-order valence-corrected chi connectivity index (χ4v) is 3.93. The first-order chi connectivity index (χ1) is 13.0. The highest BCUT2D eigenvalue weighted by Gasteiger charge is 2.18. The number of nitrogens with one attached hydrogen (secondary N) is 1. The average Bonchev–Trinajstić information content (AvgIpc) is 2.84. The van der Waals surface area contributed by atoms with Crippen molar-refractivity contribution in [3.8, 4) is 0 Å². The molecule has 1 heterocycles. The molecule has 0 fully saturated rings. The zero-order chi connectivity index (χ0) is 19.4. The Hall–Kier alpha value is -2.15. The number of amides is 1. The number of methoxy groups -OCH3 is 2. The highest BCUT2D eigenvalue weighted by atomic mass is 32.2. The lowest BCUT2D eigenvalue weighted by Gasteiger charge is -2.14. The van der Waals surface area contributed by atoms with E-state index in [1.807, 2.05) is 18.2 Å². The quantitative estimate of drug-likeness (QED) is 0.753. The Morgan fingerprint density at radius 3 is 2.59 bits per heavy atom. The normalized spacial score (nSPS) is 12.9. The molecule has 0 atom stereocenters. The van der Waals surface area contributed by atoms with Gasteiger partial charge in [-0.2, -0.15) is 0 Å². The van der Waals surface area contributed by atoms with Gasteiger partial charge < -0.3 is 14.8 Å². The molecule has 1 aliphatic heterocycles. The van der Waals surface area contributed by atoms with E-state index in [0.29, 0.717) is 5.56 Å². The van der Waals surface area contributed by atoms with Crippen LogP contribution < -0.4 is 5.32 Å². The lowest BCUT2D eigenvalue weighted by molar-refractivity contribution is -0.0974. The summed E-state index contributed by atoms with van der Waals surface area (Å²) in [6.07, 6.45) is 0.365. The van der Waals surface area contributed by atoms with Crippen molar-refractivity contribution in [1.82, 2.24) is 5.32 Å². The van der Waals surface area contributed by atoms with Crippen LogP contribution in [0.2, 0.25) is 0 Å². The van der Waals surface area contributed by atoms with Gasteiger partial charge in [-0.25, -0.2) is 0 Å². The monoisotopic (exact) mass is 384 g/mol. The Morgan fingerprint density at radius 1 is 1.15 bits per heavy atom. The molecule has 1 aliphatic rings. The molecule has 0 saturated carbocycles. The first-order valence-corrected chi connectivity index (χ1v) is 9.71. The summed E-state index contributed by atoms with van der Waals surface area (Å²) < 4.78 is 10.2. The summed E-state index contributed by atoms with van der Waals surface area (Å²) in [5, 5.41) is 2.83. The molecule has 0 spiro atoms. The molecule has 142 valence electrons. The van der Waals surface area contributed by atoms with Crippen LogP contribution in [0, 0.1) is 6.92 Å². The van der Waals surface area contributed by atoms with Gasteiger partial charge in [0.1, 0.15) is 0 Å². The third-order valence-corrected chi connectivity index (χ3v) is 5.57. The summed E-state index contributed by atoms with van der Waals surface area (Å²) >= 11 is 1.69. The summed E-state index contributed by atoms with van der Waals surface area (Å²) in [5.41, 5.74) is 4.83. The second kappa shape index (κ2) is 8.69. The number of hydrogen-bond donors (Lipinski definition) is 1. The number of aryl methyl sites for hydroxylation is 1. The van der Waals surface area contributed by atoms with Crippen LogP contribution in [0.1, 0.15) is 34.8 Å². The van der Waals surface area contributed by atoms with Gasteiger partial charge in [-0.1, -0.05) is 30.3 Å². The van der Waals surface area contributed by atoms with Crippen LogP contribution in [0.3, 0.4) is 0 Å². The lowest BCUT2D eigenvalue weighted by atomic mass is 10.0. The van der Waals surface area contributed by atoms with Crippen LogP contribution in [0.4, 0.5) is 5.69 Å². The van der Waals surface area contributed by atoms with Crippen molar-refractivity contribution in [3.05, 3.63) is 53.1 Å². The van der Waals surface area contributed by atoms with Crippen LogP contribution >= 0.6 is 11.8 Å². The van der Waals surface area contributed by atoms with E-state index in [9.17, 15) is 4.79 Å². The van der Waals surface area contributed by atoms with Crippen LogP contribution in [0.25, 0.3) is 0 Å². The number of fused-ring (bicyclic) bond motifs is 2. The highest BCUT2D eigenvalue weighted by molar-refractivity contribution is 7.99. The Labute approximate surface area is 164 Å². The maximum absolute atomic E-state index is 12.5. The molecule has 0 saturated heterocycles. The predicted octanol–water partition coefficient (Wildman–Crippen LogP) is 4.34. The standard InChI is InChI=1S/C21H24N2O3S/c1-5-16-15-10-13(2)6-8-18(15)27-19-9-7-14(11-17(19)23-16)21(24)22-12-20(25-3)26-4/h6-11,20H,5,12H2,1-4H3,(H,22,24). The van der Waals surface area contributed by atoms with Gasteiger partial charge in [0.25, 0.3) is 5.91 Å². The largest absolute Gasteiger partial charge is 0.354 e. The third-order valence-electron chi connectivity index (χ3n) is 4.43. The second-order valence-corrected chi connectivity index (χ2v) is 7.39. The molecular weight excluding hydrogens is 360 g/mol. The molecule has 1 amide bonds. The smallest absolute Gasteiger partial charge is 0.251 e. The molecule has 27 heavy (non-hydrogen) atoms. The molecule has 3 rings (SSSR count). The summed E-state index contributed by atoms with van der Waals surface area (Å²) in [6, 6.07) is 12.1. The van der Waals surface area contributed by atoms with E-state index in [2.05, 4.69) is 37.4 Å². The number of rotatable bonds is 6. The van der Waals surface area contributed by atoms with Crippen molar-refractivity contribution < 1.29 is 14.3 Å². The molecule has 0 bridgehead atoms. The minimum Gasteiger partial charge on any atom is -0.354 e. The summed E-state index contributed by atoms with van der Waals surface area (Å²) in [7, 11) is 3.08. The lowest BCUT2D eigenvalue weighted by Crippen LogP contribution is -2.34. The molecular formula is C21H24N2O3S. The van der Waals surface area contributed by atoms with Gasteiger partial charge in [-0.05, 0) is 43.7 Å². The van der Waals surface area contributed by atoms with Crippen LogP contribution in [-0.4, -0.2) is 38.7 Å². The van der Waals surface area contributed by atoms with Crippen molar-refractivity contribution >= 4 is 29.1 Å². The molecule has 1 N–H and O–H groups in total. The first kappa shape index (κ1) is 19.6. The molecule has 2 aromatic carbocycles. The fraction of sp³-hybridized carbons (Fsp3) is 0.333. The van der Waals surface area contributed by atoms with E-state index in [4.69, 9.17) is 14.5 Å². The van der Waals surface area contributed by atoms with E-state index in [1.54, 1.807) is 26.0 Å². The minimum atomic E-state index is -0.465. The SMILES string of the molecule is CCC1=Nc2cc(C(=O)NCC(OC)OC)ccc2Sc2ccc(C)cc21. The molecule has 0 unspecified atom stereocenters. The number of aliphatic imine (C=N–C) groups is 1. The van der Waals surface area contributed by atoms with Crippen LogP contribution in [0.15, 0.2) is 51.2 Å². The van der Waals surface area contributed by atoms with Crippen molar-refractivity contribution in [1.29, 1.82) is 0 Å². The Kier molecular flexibility index (Phi) is 6.31. The topological polar surface area (TPSA) is 59.9 Å².